The van der Waals surface area contributed by atoms with E-state index >= 15 is 0 Å². The summed E-state index contributed by atoms with van der Waals surface area (Å²) in [6, 6.07) is 7.17. The third-order valence-corrected chi connectivity index (χ3v) is 9.82. The van der Waals surface area contributed by atoms with Crippen molar-refractivity contribution in [3.05, 3.63) is 24.3 Å². The maximum absolute atomic E-state index is 9.56. The van der Waals surface area contributed by atoms with Crippen molar-refractivity contribution in [2.24, 2.45) is 0 Å². The zero-order valence-electron chi connectivity index (χ0n) is 12.4. The van der Waals surface area contributed by atoms with E-state index in [0.717, 1.165) is 5.75 Å². The SMILES string of the molecule is CC(C)[Si](Oc1cccc(O)c1)(C(C)C)C(C)C. The summed E-state index contributed by atoms with van der Waals surface area (Å²) >= 11 is 0. The van der Waals surface area contributed by atoms with Gasteiger partial charge < -0.3 is 9.53 Å². The molecule has 1 N–H and O–H groups in total. The van der Waals surface area contributed by atoms with Gasteiger partial charge in [-0.3, -0.25) is 0 Å². The van der Waals surface area contributed by atoms with Crippen LogP contribution in [-0.2, 0) is 0 Å². The molecule has 102 valence electrons. The molecule has 0 amide bonds. The summed E-state index contributed by atoms with van der Waals surface area (Å²) in [6.07, 6.45) is 0. The molecule has 18 heavy (non-hydrogen) atoms. The highest BCUT2D eigenvalue weighted by Gasteiger charge is 2.46. The summed E-state index contributed by atoms with van der Waals surface area (Å²) in [4.78, 5) is 0. The van der Waals surface area contributed by atoms with Crippen LogP contribution in [0.25, 0.3) is 0 Å². The Bertz CT molecular complexity index is 364. The minimum Gasteiger partial charge on any atom is -0.543 e. The van der Waals surface area contributed by atoms with Crippen molar-refractivity contribution in [3.8, 4) is 11.5 Å². The third kappa shape index (κ3) is 2.89. The molecule has 0 aliphatic rings. The Labute approximate surface area is 112 Å². The fourth-order valence-corrected chi connectivity index (χ4v) is 8.35. The molecule has 0 radical (unpaired) electrons. The summed E-state index contributed by atoms with van der Waals surface area (Å²) in [5.41, 5.74) is 1.62. The van der Waals surface area contributed by atoms with Crippen molar-refractivity contribution in [1.29, 1.82) is 0 Å². The number of benzene rings is 1. The van der Waals surface area contributed by atoms with Crippen molar-refractivity contribution < 1.29 is 9.53 Å². The standard InChI is InChI=1S/C15H26O2Si/c1-11(2)18(12(3)4,13(5)6)17-15-9-7-8-14(16)10-15/h7-13,16H,1-6H3. The second kappa shape index (κ2) is 5.78. The number of rotatable bonds is 5. The second-order valence-electron chi connectivity index (χ2n) is 5.92. The van der Waals surface area contributed by atoms with Gasteiger partial charge in [-0.15, -0.1) is 0 Å². The molecule has 0 fully saturated rings. The van der Waals surface area contributed by atoms with Crippen LogP contribution in [0.3, 0.4) is 0 Å². The molecule has 0 aromatic heterocycles. The van der Waals surface area contributed by atoms with Gasteiger partial charge in [0.2, 0.25) is 0 Å². The van der Waals surface area contributed by atoms with Crippen LogP contribution in [0.4, 0.5) is 0 Å². The predicted molar refractivity (Wildman–Crippen MR) is 79.8 cm³/mol. The van der Waals surface area contributed by atoms with Gasteiger partial charge in [0.05, 0.1) is 0 Å². The Kier molecular flexibility index (Phi) is 4.85. The van der Waals surface area contributed by atoms with Crippen molar-refractivity contribution >= 4 is 8.32 Å². The van der Waals surface area contributed by atoms with Gasteiger partial charge in [-0.25, -0.2) is 0 Å². The van der Waals surface area contributed by atoms with Gasteiger partial charge in [0.15, 0.2) is 0 Å². The molecule has 1 aromatic carbocycles. The first-order chi connectivity index (χ1) is 8.30. The van der Waals surface area contributed by atoms with Gasteiger partial charge in [0.25, 0.3) is 8.32 Å². The molecule has 0 spiro atoms. The van der Waals surface area contributed by atoms with Crippen LogP contribution in [0.2, 0.25) is 16.6 Å². The van der Waals surface area contributed by atoms with Crippen LogP contribution in [0.5, 0.6) is 11.5 Å². The molecule has 0 atom stereocenters. The van der Waals surface area contributed by atoms with Crippen LogP contribution in [-0.4, -0.2) is 13.4 Å². The molecule has 0 aliphatic carbocycles. The minimum absolute atomic E-state index is 0.270. The van der Waals surface area contributed by atoms with E-state index in [2.05, 4.69) is 41.5 Å². The van der Waals surface area contributed by atoms with E-state index < -0.39 is 8.32 Å². The molecule has 0 heterocycles. The van der Waals surface area contributed by atoms with Crippen molar-refractivity contribution in [1.82, 2.24) is 0 Å². The molecule has 2 nitrogen and oxygen atoms in total. The minimum atomic E-state index is -1.90. The smallest absolute Gasteiger partial charge is 0.258 e. The Morgan fingerprint density at radius 1 is 0.944 bits per heavy atom. The molecule has 1 aromatic rings. The zero-order valence-corrected chi connectivity index (χ0v) is 13.4. The van der Waals surface area contributed by atoms with E-state index in [-0.39, 0.29) is 5.75 Å². The molecule has 0 saturated carbocycles. The van der Waals surface area contributed by atoms with Crippen LogP contribution in [0.15, 0.2) is 24.3 Å². The number of phenolic OH excluding ortho intramolecular Hbond substituents is 1. The molecule has 1 rings (SSSR count). The Hall–Kier alpha value is -0.963. The largest absolute Gasteiger partial charge is 0.543 e. The molecular weight excluding hydrogens is 240 g/mol. The molecule has 3 heteroatoms. The summed E-state index contributed by atoms with van der Waals surface area (Å²) in [5.74, 6) is 1.07. The van der Waals surface area contributed by atoms with Gasteiger partial charge in [-0.05, 0) is 28.8 Å². The molecule has 0 aliphatic heterocycles. The Morgan fingerprint density at radius 2 is 1.44 bits per heavy atom. The average Bonchev–Trinajstić information content (AvgIpc) is 2.24. The maximum atomic E-state index is 9.56. The third-order valence-electron chi connectivity index (χ3n) is 3.82. The monoisotopic (exact) mass is 266 g/mol. The number of aromatic hydroxyl groups is 1. The van der Waals surface area contributed by atoms with Crippen LogP contribution >= 0.6 is 0 Å². The first-order valence-electron chi connectivity index (χ1n) is 6.78. The van der Waals surface area contributed by atoms with Crippen LogP contribution in [0, 0.1) is 0 Å². The fourth-order valence-electron chi connectivity index (χ4n) is 3.10. The maximum Gasteiger partial charge on any atom is 0.258 e. The van der Waals surface area contributed by atoms with E-state index in [0.29, 0.717) is 16.6 Å². The first-order valence-corrected chi connectivity index (χ1v) is 8.92. The van der Waals surface area contributed by atoms with Gasteiger partial charge in [-0.1, -0.05) is 47.6 Å². The van der Waals surface area contributed by atoms with Gasteiger partial charge in [-0.2, -0.15) is 0 Å². The summed E-state index contributed by atoms with van der Waals surface area (Å²) < 4.78 is 6.45. The first kappa shape index (κ1) is 15.1. The number of hydrogen-bond donors (Lipinski definition) is 1. The number of phenols is 1. The lowest BCUT2D eigenvalue weighted by atomic mass is 10.3. The molecule has 0 bridgehead atoms. The normalized spacial score (nSPS) is 12.5. The lowest BCUT2D eigenvalue weighted by Crippen LogP contribution is -2.50. The predicted octanol–water partition coefficient (Wildman–Crippen LogP) is 4.95. The van der Waals surface area contributed by atoms with E-state index in [1.807, 2.05) is 12.1 Å². The van der Waals surface area contributed by atoms with Crippen molar-refractivity contribution in [2.75, 3.05) is 0 Å². The van der Waals surface area contributed by atoms with E-state index in [9.17, 15) is 5.11 Å². The van der Waals surface area contributed by atoms with Crippen LogP contribution < -0.4 is 4.43 Å². The lowest BCUT2D eigenvalue weighted by molar-refractivity contribution is 0.456. The van der Waals surface area contributed by atoms with Gasteiger partial charge in [0.1, 0.15) is 11.5 Å². The molecule has 0 unspecified atom stereocenters. The van der Waals surface area contributed by atoms with Crippen molar-refractivity contribution in [2.45, 2.75) is 58.2 Å². The Balaban J connectivity index is 3.12. The van der Waals surface area contributed by atoms with Gasteiger partial charge in [0, 0.05) is 6.07 Å². The molecular formula is C15H26O2Si. The summed E-state index contributed by atoms with van der Waals surface area (Å²) in [5, 5.41) is 9.56. The highest BCUT2D eigenvalue weighted by Crippen LogP contribution is 2.42. The van der Waals surface area contributed by atoms with E-state index in [4.69, 9.17) is 4.43 Å². The van der Waals surface area contributed by atoms with E-state index in [1.54, 1.807) is 12.1 Å². The topological polar surface area (TPSA) is 29.5 Å². The fraction of sp³-hybridized carbons (Fsp3) is 0.600. The highest BCUT2D eigenvalue weighted by atomic mass is 28.4. The summed E-state index contributed by atoms with van der Waals surface area (Å²) in [7, 11) is -1.90. The zero-order chi connectivity index (χ0) is 13.9. The van der Waals surface area contributed by atoms with Crippen molar-refractivity contribution in [3.63, 3.8) is 0 Å². The molecule has 0 saturated heterocycles. The average molecular weight is 266 g/mol. The second-order valence-corrected chi connectivity index (χ2v) is 11.3. The Morgan fingerprint density at radius 3 is 1.83 bits per heavy atom. The van der Waals surface area contributed by atoms with Crippen LogP contribution in [0.1, 0.15) is 41.5 Å². The highest BCUT2D eigenvalue weighted by molar-refractivity contribution is 6.78. The van der Waals surface area contributed by atoms with Gasteiger partial charge >= 0.3 is 0 Å². The summed E-state index contributed by atoms with van der Waals surface area (Å²) in [6.45, 7) is 13.6. The quantitative estimate of drug-likeness (QED) is 0.764. The van der Waals surface area contributed by atoms with E-state index in [1.165, 1.54) is 0 Å². The number of hydrogen-bond acceptors (Lipinski definition) is 2. The lowest BCUT2D eigenvalue weighted by Gasteiger charge is -2.42.